The first-order valence-corrected chi connectivity index (χ1v) is 15.8. The number of rotatable bonds is 4. The van der Waals surface area contributed by atoms with Gasteiger partial charge in [-0.25, -0.2) is 15.0 Å². The van der Waals surface area contributed by atoms with Gasteiger partial charge in [0.25, 0.3) is 0 Å². The maximum atomic E-state index is 5.10. The van der Waals surface area contributed by atoms with Gasteiger partial charge < -0.3 is 4.57 Å². The Hall–Kier alpha value is -5.09. The number of nitrogens with zero attached hydrogens (tertiary/aromatic N) is 4. The third kappa shape index (κ3) is 4.64. The highest BCUT2D eigenvalue weighted by Gasteiger charge is 2.37. The van der Waals surface area contributed by atoms with Crippen LogP contribution in [0.2, 0.25) is 0 Å². The van der Waals surface area contributed by atoms with Crippen molar-refractivity contribution in [1.82, 2.24) is 19.5 Å². The van der Waals surface area contributed by atoms with Gasteiger partial charge in [-0.05, 0) is 77.3 Å². The number of benzene rings is 5. The van der Waals surface area contributed by atoms with Crippen molar-refractivity contribution in [2.24, 2.45) is 0 Å². The number of fused-ring (bicyclic) bond motifs is 4. The van der Waals surface area contributed by atoms with E-state index in [2.05, 4.69) is 135 Å². The summed E-state index contributed by atoms with van der Waals surface area (Å²) in [5.74, 6) is 2.05. The van der Waals surface area contributed by atoms with E-state index in [0.717, 1.165) is 28.8 Å². The van der Waals surface area contributed by atoms with E-state index >= 15 is 0 Å². The molecule has 1 aliphatic carbocycles. The monoisotopic (exact) mass is 584 g/mol. The predicted octanol–water partition coefficient (Wildman–Crippen LogP) is 10.3. The van der Waals surface area contributed by atoms with Crippen molar-refractivity contribution in [3.63, 3.8) is 0 Å². The van der Waals surface area contributed by atoms with E-state index in [1.165, 1.54) is 39.4 Å². The molecule has 0 spiro atoms. The highest BCUT2D eigenvalue weighted by molar-refractivity contribution is 6.09. The van der Waals surface area contributed by atoms with E-state index in [0.29, 0.717) is 17.5 Å². The molecular formula is C41H36N4. The van der Waals surface area contributed by atoms with E-state index < -0.39 is 0 Å². The molecule has 0 N–H and O–H groups in total. The summed E-state index contributed by atoms with van der Waals surface area (Å²) in [7, 11) is 0. The maximum Gasteiger partial charge on any atom is 0.164 e. The molecule has 2 heterocycles. The van der Waals surface area contributed by atoms with Crippen LogP contribution in [0, 0.1) is 0 Å². The molecule has 45 heavy (non-hydrogen) atoms. The minimum absolute atomic E-state index is 0.0988. The molecule has 0 saturated carbocycles. The van der Waals surface area contributed by atoms with Crippen molar-refractivity contribution in [3.8, 4) is 39.9 Å². The van der Waals surface area contributed by atoms with Gasteiger partial charge in [0.2, 0.25) is 0 Å². The second-order valence-corrected chi connectivity index (χ2v) is 13.6. The fraction of sp³-hybridized carbons (Fsp3) is 0.195. The highest BCUT2D eigenvalue weighted by atomic mass is 15.0. The van der Waals surface area contributed by atoms with Gasteiger partial charge in [-0.15, -0.1) is 0 Å². The van der Waals surface area contributed by atoms with Crippen LogP contribution in [0.5, 0.6) is 0 Å². The van der Waals surface area contributed by atoms with Gasteiger partial charge >= 0.3 is 0 Å². The Morgan fingerprint density at radius 1 is 0.467 bits per heavy atom. The molecule has 220 valence electrons. The second kappa shape index (κ2) is 10.2. The molecule has 4 heteroatoms. The van der Waals surface area contributed by atoms with Crippen LogP contribution < -0.4 is 0 Å². The Balaban J connectivity index is 1.26. The SMILES string of the molecule is CC1(C)CCC(C)(C)c2cc(-c3nc(-c4ccccc4)nc(-c4ccc(-n5c6ccccc6c6ccccc65)cc4)n3)ccc21. The minimum atomic E-state index is 0.0988. The van der Waals surface area contributed by atoms with Crippen LogP contribution in [0.1, 0.15) is 51.7 Å². The van der Waals surface area contributed by atoms with Crippen LogP contribution >= 0.6 is 0 Å². The predicted molar refractivity (Wildman–Crippen MR) is 186 cm³/mol. The molecular weight excluding hydrogens is 548 g/mol. The number of aromatic nitrogens is 4. The van der Waals surface area contributed by atoms with E-state index in [1.54, 1.807) is 0 Å². The second-order valence-electron chi connectivity index (χ2n) is 13.6. The van der Waals surface area contributed by atoms with Gasteiger partial charge in [0, 0.05) is 33.2 Å². The summed E-state index contributed by atoms with van der Waals surface area (Å²) in [6, 6.07) is 42.8. The molecule has 4 nitrogen and oxygen atoms in total. The number of para-hydroxylation sites is 2. The Bertz CT molecular complexity index is 2150. The molecule has 7 aromatic rings. The zero-order valence-corrected chi connectivity index (χ0v) is 26.3. The number of hydrogen-bond acceptors (Lipinski definition) is 3. The fourth-order valence-electron chi connectivity index (χ4n) is 7.04. The van der Waals surface area contributed by atoms with Gasteiger partial charge in [0.05, 0.1) is 11.0 Å². The Morgan fingerprint density at radius 2 is 0.933 bits per heavy atom. The van der Waals surface area contributed by atoms with Crippen molar-refractivity contribution < 1.29 is 0 Å². The van der Waals surface area contributed by atoms with Gasteiger partial charge in [-0.2, -0.15) is 0 Å². The molecule has 0 aliphatic heterocycles. The van der Waals surface area contributed by atoms with Crippen molar-refractivity contribution in [2.75, 3.05) is 0 Å². The Labute approximate surface area is 264 Å². The van der Waals surface area contributed by atoms with Crippen LogP contribution in [-0.2, 0) is 10.8 Å². The van der Waals surface area contributed by atoms with E-state index in [9.17, 15) is 0 Å². The lowest BCUT2D eigenvalue weighted by Gasteiger charge is -2.42. The van der Waals surface area contributed by atoms with Crippen LogP contribution in [0.3, 0.4) is 0 Å². The molecule has 0 radical (unpaired) electrons. The molecule has 0 unspecified atom stereocenters. The lowest BCUT2D eigenvalue weighted by Crippen LogP contribution is -2.33. The smallest absolute Gasteiger partial charge is 0.164 e. The molecule has 0 fully saturated rings. The minimum Gasteiger partial charge on any atom is -0.309 e. The van der Waals surface area contributed by atoms with Gasteiger partial charge in [0.15, 0.2) is 17.5 Å². The Morgan fingerprint density at radius 3 is 1.53 bits per heavy atom. The van der Waals surface area contributed by atoms with E-state index in [4.69, 9.17) is 15.0 Å². The summed E-state index contributed by atoms with van der Waals surface area (Å²) in [4.78, 5) is 15.1. The lowest BCUT2D eigenvalue weighted by atomic mass is 9.63. The zero-order valence-electron chi connectivity index (χ0n) is 26.3. The summed E-state index contributed by atoms with van der Waals surface area (Å²) in [6.07, 6.45) is 2.34. The van der Waals surface area contributed by atoms with Crippen molar-refractivity contribution in [3.05, 3.63) is 132 Å². The van der Waals surface area contributed by atoms with Gasteiger partial charge in [-0.3, -0.25) is 0 Å². The topological polar surface area (TPSA) is 43.6 Å². The number of hydrogen-bond donors (Lipinski definition) is 0. The third-order valence-electron chi connectivity index (χ3n) is 9.74. The molecule has 0 bridgehead atoms. The van der Waals surface area contributed by atoms with Crippen LogP contribution in [0.15, 0.2) is 121 Å². The molecule has 8 rings (SSSR count). The lowest BCUT2D eigenvalue weighted by molar-refractivity contribution is 0.332. The fourth-order valence-corrected chi connectivity index (χ4v) is 7.04. The first kappa shape index (κ1) is 27.5. The van der Waals surface area contributed by atoms with Crippen molar-refractivity contribution in [1.29, 1.82) is 0 Å². The van der Waals surface area contributed by atoms with Gasteiger partial charge in [-0.1, -0.05) is 107 Å². The maximum absolute atomic E-state index is 5.10. The quantitative estimate of drug-likeness (QED) is 0.207. The molecule has 2 aromatic heterocycles. The first-order valence-electron chi connectivity index (χ1n) is 15.8. The van der Waals surface area contributed by atoms with Crippen molar-refractivity contribution >= 4 is 21.8 Å². The first-order chi connectivity index (χ1) is 21.8. The molecule has 0 saturated heterocycles. The third-order valence-corrected chi connectivity index (χ3v) is 9.74. The van der Waals surface area contributed by atoms with Crippen LogP contribution in [-0.4, -0.2) is 19.5 Å². The van der Waals surface area contributed by atoms with E-state index in [-0.39, 0.29) is 10.8 Å². The molecule has 0 amide bonds. The zero-order chi connectivity index (χ0) is 30.8. The Kier molecular flexibility index (Phi) is 6.25. The highest BCUT2D eigenvalue weighted by Crippen LogP contribution is 2.46. The largest absolute Gasteiger partial charge is 0.309 e. The summed E-state index contributed by atoms with van der Waals surface area (Å²) in [5.41, 5.74) is 9.54. The summed E-state index contributed by atoms with van der Waals surface area (Å²) < 4.78 is 2.33. The summed E-state index contributed by atoms with van der Waals surface area (Å²) in [6.45, 7) is 9.44. The summed E-state index contributed by atoms with van der Waals surface area (Å²) >= 11 is 0. The van der Waals surface area contributed by atoms with Crippen molar-refractivity contribution in [2.45, 2.75) is 51.4 Å². The van der Waals surface area contributed by atoms with Crippen LogP contribution in [0.4, 0.5) is 0 Å². The molecule has 0 atom stereocenters. The average Bonchev–Trinajstić information content (AvgIpc) is 3.41. The summed E-state index contributed by atoms with van der Waals surface area (Å²) in [5, 5.41) is 2.51. The molecule has 1 aliphatic rings. The average molecular weight is 585 g/mol. The standard InChI is InChI=1S/C41H36N4/c1-40(2)24-25-41(3,4)34-26-29(20-23-33(34)40)39-43-37(27-12-6-5-7-13-27)42-38(44-39)28-18-21-30(22-19-28)45-35-16-10-8-14-31(35)32-15-9-11-17-36(32)45/h5-23,26H,24-25H2,1-4H3. The van der Waals surface area contributed by atoms with Crippen LogP contribution in [0.25, 0.3) is 61.7 Å². The van der Waals surface area contributed by atoms with Gasteiger partial charge in [0.1, 0.15) is 0 Å². The normalized spacial score (nSPS) is 15.3. The molecule has 5 aromatic carbocycles. The van der Waals surface area contributed by atoms with E-state index in [1.807, 2.05) is 18.2 Å².